The van der Waals surface area contributed by atoms with E-state index in [0.29, 0.717) is 25.8 Å². The van der Waals surface area contributed by atoms with Crippen LogP contribution < -0.4 is 5.32 Å². The lowest BCUT2D eigenvalue weighted by molar-refractivity contribution is -0.141. The van der Waals surface area contributed by atoms with Gasteiger partial charge in [0.15, 0.2) is 0 Å². The average molecular weight is 319 g/mol. The Hall–Kier alpha value is -1.95. The van der Waals surface area contributed by atoms with Gasteiger partial charge in [0, 0.05) is 46.1 Å². The largest absolute Gasteiger partial charge is 0.376 e. The molecule has 1 saturated heterocycles. The summed E-state index contributed by atoms with van der Waals surface area (Å²) >= 11 is 0. The highest BCUT2D eigenvalue weighted by Gasteiger charge is 2.37. The molecule has 2 heterocycles. The van der Waals surface area contributed by atoms with E-state index in [1.54, 1.807) is 26.6 Å². The zero-order chi connectivity index (χ0) is 16.7. The van der Waals surface area contributed by atoms with Gasteiger partial charge in [-0.3, -0.25) is 14.6 Å². The van der Waals surface area contributed by atoms with Crippen LogP contribution in [0.5, 0.6) is 0 Å². The van der Waals surface area contributed by atoms with E-state index >= 15 is 0 Å². The van der Waals surface area contributed by atoms with Gasteiger partial charge in [-0.05, 0) is 37.0 Å². The number of hydrogen-bond acceptors (Lipinski definition) is 4. The Balaban J connectivity index is 1.97. The quantitative estimate of drug-likeness (QED) is 0.854. The summed E-state index contributed by atoms with van der Waals surface area (Å²) < 4.78 is 5.72. The molecule has 2 rings (SSSR count). The molecule has 1 aromatic rings. The highest BCUT2D eigenvalue weighted by atomic mass is 16.5. The first kappa shape index (κ1) is 17.4. The highest BCUT2D eigenvalue weighted by molar-refractivity contribution is 5.79. The van der Waals surface area contributed by atoms with E-state index in [-0.39, 0.29) is 11.8 Å². The minimum Gasteiger partial charge on any atom is -0.376 e. The van der Waals surface area contributed by atoms with Gasteiger partial charge in [-0.2, -0.15) is 0 Å². The van der Waals surface area contributed by atoms with Gasteiger partial charge < -0.3 is 15.0 Å². The van der Waals surface area contributed by atoms with Crippen LogP contribution >= 0.6 is 0 Å². The fraction of sp³-hybridized carbons (Fsp3) is 0.588. The van der Waals surface area contributed by atoms with E-state index in [0.717, 1.165) is 24.9 Å². The first-order valence-corrected chi connectivity index (χ1v) is 8.01. The van der Waals surface area contributed by atoms with Gasteiger partial charge in [0.25, 0.3) is 0 Å². The number of carbonyl (C=O) groups excluding carboxylic acids is 2. The fourth-order valence-corrected chi connectivity index (χ4v) is 3.04. The average Bonchev–Trinajstić information content (AvgIpc) is 2.60. The molecule has 0 bridgehead atoms. The van der Waals surface area contributed by atoms with E-state index < -0.39 is 5.60 Å². The summed E-state index contributed by atoms with van der Waals surface area (Å²) in [5.41, 5.74) is 0.544. The van der Waals surface area contributed by atoms with Gasteiger partial charge in [-0.25, -0.2) is 0 Å². The van der Waals surface area contributed by atoms with Crippen molar-refractivity contribution >= 4 is 11.8 Å². The van der Waals surface area contributed by atoms with Crippen LogP contribution in [-0.4, -0.2) is 54.5 Å². The van der Waals surface area contributed by atoms with Gasteiger partial charge >= 0.3 is 0 Å². The molecule has 23 heavy (non-hydrogen) atoms. The van der Waals surface area contributed by atoms with E-state index in [1.165, 1.54) is 0 Å². The summed E-state index contributed by atoms with van der Waals surface area (Å²) in [5.74, 6) is 0.0962. The monoisotopic (exact) mass is 319 g/mol. The second kappa shape index (κ2) is 8.06. The predicted octanol–water partition coefficient (Wildman–Crippen LogP) is 1.16. The van der Waals surface area contributed by atoms with Crippen LogP contribution in [0.15, 0.2) is 24.5 Å². The van der Waals surface area contributed by atoms with Crippen LogP contribution in [0.2, 0.25) is 0 Å². The van der Waals surface area contributed by atoms with Gasteiger partial charge in [-0.1, -0.05) is 0 Å². The Labute approximate surface area is 137 Å². The summed E-state index contributed by atoms with van der Waals surface area (Å²) in [4.78, 5) is 29.9. The van der Waals surface area contributed by atoms with Gasteiger partial charge in [0.2, 0.25) is 11.8 Å². The molecule has 1 aliphatic rings. The molecular weight excluding hydrogens is 294 g/mol. The second-order valence-electron chi connectivity index (χ2n) is 6.01. The van der Waals surface area contributed by atoms with Crippen molar-refractivity contribution in [1.29, 1.82) is 0 Å². The van der Waals surface area contributed by atoms with Crippen molar-refractivity contribution in [2.45, 2.75) is 37.7 Å². The van der Waals surface area contributed by atoms with Crippen LogP contribution in [0.4, 0.5) is 0 Å². The number of hydrogen-bond donors (Lipinski definition) is 1. The van der Waals surface area contributed by atoms with Crippen molar-refractivity contribution in [1.82, 2.24) is 15.2 Å². The number of methoxy groups -OCH3 is 1. The van der Waals surface area contributed by atoms with Gasteiger partial charge in [-0.15, -0.1) is 0 Å². The molecule has 126 valence electrons. The summed E-state index contributed by atoms with van der Waals surface area (Å²) in [5, 5.41) is 2.63. The van der Waals surface area contributed by atoms with Crippen molar-refractivity contribution in [2.75, 3.05) is 27.2 Å². The van der Waals surface area contributed by atoms with E-state index in [1.807, 2.05) is 17.0 Å². The molecular formula is C17H25N3O3. The molecule has 0 spiro atoms. The Bertz CT molecular complexity index is 535. The van der Waals surface area contributed by atoms with Crippen LogP contribution in [0.3, 0.4) is 0 Å². The first-order valence-electron chi connectivity index (χ1n) is 8.01. The van der Waals surface area contributed by atoms with Crippen LogP contribution in [-0.2, 0) is 20.7 Å². The Kier molecular flexibility index (Phi) is 6.10. The Morgan fingerprint density at radius 3 is 2.78 bits per heavy atom. The summed E-state index contributed by atoms with van der Waals surface area (Å²) in [6.45, 7) is 1.29. The van der Waals surface area contributed by atoms with Crippen molar-refractivity contribution in [3.8, 4) is 0 Å². The summed E-state index contributed by atoms with van der Waals surface area (Å²) in [6, 6.07) is 3.72. The SMILES string of the molecule is CNC(=O)CC[C@@]1(OC)CCCN(C(=O)Cc2ccncc2)C1. The Morgan fingerprint density at radius 1 is 1.39 bits per heavy atom. The molecule has 1 atom stereocenters. The van der Waals surface area contributed by atoms with Crippen LogP contribution in [0.1, 0.15) is 31.2 Å². The Morgan fingerprint density at radius 2 is 2.13 bits per heavy atom. The number of nitrogens with one attached hydrogen (secondary N) is 1. The third-order valence-corrected chi connectivity index (χ3v) is 4.52. The van der Waals surface area contributed by atoms with Crippen molar-refractivity contribution in [3.05, 3.63) is 30.1 Å². The van der Waals surface area contributed by atoms with Gasteiger partial charge in [0.1, 0.15) is 0 Å². The molecule has 1 fully saturated rings. The van der Waals surface area contributed by atoms with Crippen molar-refractivity contribution < 1.29 is 14.3 Å². The lowest BCUT2D eigenvalue weighted by atomic mass is 9.87. The maximum Gasteiger partial charge on any atom is 0.227 e. The third-order valence-electron chi connectivity index (χ3n) is 4.52. The van der Waals surface area contributed by atoms with E-state index in [2.05, 4.69) is 10.3 Å². The molecule has 0 radical (unpaired) electrons. The second-order valence-corrected chi connectivity index (χ2v) is 6.01. The zero-order valence-electron chi connectivity index (χ0n) is 13.9. The number of aromatic nitrogens is 1. The summed E-state index contributed by atoms with van der Waals surface area (Å²) in [7, 11) is 3.30. The number of nitrogens with zero attached hydrogens (tertiary/aromatic N) is 2. The number of piperidine rings is 1. The van der Waals surface area contributed by atoms with Crippen LogP contribution in [0, 0.1) is 0 Å². The normalized spacial score (nSPS) is 21.0. The standard InChI is InChI=1S/C17H25N3O3/c1-18-15(21)4-8-17(23-2)7-3-11-20(13-17)16(22)12-14-5-9-19-10-6-14/h5-6,9-10H,3-4,7-8,11-13H2,1-2H3,(H,18,21)/t17-/m0/s1. The first-order chi connectivity index (χ1) is 11.1. The maximum atomic E-state index is 12.5. The molecule has 0 unspecified atom stereocenters. The van der Waals surface area contributed by atoms with E-state index in [4.69, 9.17) is 4.74 Å². The molecule has 6 heteroatoms. The minimum atomic E-state index is -0.418. The molecule has 2 amide bonds. The predicted molar refractivity (Wildman–Crippen MR) is 86.8 cm³/mol. The topological polar surface area (TPSA) is 71.5 Å². The molecule has 1 N–H and O–H groups in total. The number of rotatable bonds is 6. The molecule has 1 aromatic heterocycles. The third kappa shape index (κ3) is 4.76. The van der Waals surface area contributed by atoms with Gasteiger partial charge in [0.05, 0.1) is 12.0 Å². The molecule has 6 nitrogen and oxygen atoms in total. The number of pyridine rings is 1. The fourth-order valence-electron chi connectivity index (χ4n) is 3.04. The zero-order valence-corrected chi connectivity index (χ0v) is 13.9. The molecule has 0 aromatic carbocycles. The number of likely N-dealkylation sites (tertiary alicyclic amines) is 1. The van der Waals surface area contributed by atoms with Crippen molar-refractivity contribution in [3.63, 3.8) is 0 Å². The molecule has 0 saturated carbocycles. The summed E-state index contributed by atoms with van der Waals surface area (Å²) in [6.07, 6.45) is 6.57. The number of carbonyl (C=O) groups is 2. The maximum absolute atomic E-state index is 12.5. The number of amides is 2. The van der Waals surface area contributed by atoms with E-state index in [9.17, 15) is 9.59 Å². The number of ether oxygens (including phenoxy) is 1. The smallest absolute Gasteiger partial charge is 0.227 e. The minimum absolute atomic E-state index is 0.00154. The highest BCUT2D eigenvalue weighted by Crippen LogP contribution is 2.29. The molecule has 0 aliphatic carbocycles. The van der Waals surface area contributed by atoms with Crippen molar-refractivity contribution in [2.24, 2.45) is 0 Å². The lowest BCUT2D eigenvalue weighted by Crippen LogP contribution is -2.52. The van der Waals surface area contributed by atoms with Crippen LogP contribution in [0.25, 0.3) is 0 Å². The lowest BCUT2D eigenvalue weighted by Gasteiger charge is -2.42. The molecule has 1 aliphatic heterocycles.